The van der Waals surface area contributed by atoms with Crippen molar-refractivity contribution < 1.29 is 19.5 Å². The van der Waals surface area contributed by atoms with E-state index in [1.807, 2.05) is 0 Å². The predicted octanol–water partition coefficient (Wildman–Crippen LogP) is 1.13. The number of carbonyl (C=O) groups is 3. The van der Waals surface area contributed by atoms with E-state index in [9.17, 15) is 14.4 Å². The van der Waals surface area contributed by atoms with Crippen LogP contribution in [0.2, 0.25) is 0 Å². The smallest absolute Gasteiger partial charge is 0.335 e. The number of nitrogens with one attached hydrogen (secondary N) is 1. The van der Waals surface area contributed by atoms with E-state index in [0.29, 0.717) is 18.5 Å². The van der Waals surface area contributed by atoms with E-state index in [1.54, 1.807) is 11.9 Å². The Morgan fingerprint density at radius 2 is 1.76 bits per heavy atom. The van der Waals surface area contributed by atoms with Gasteiger partial charge in [-0.2, -0.15) is 0 Å². The SMILES string of the molecule is CNC(=O)[C@H]1CCCCN1C(=O)c1ccc(C(=O)O)cc1. The quantitative estimate of drug-likeness (QED) is 0.873. The van der Waals surface area contributed by atoms with Gasteiger partial charge in [0.15, 0.2) is 0 Å². The first-order chi connectivity index (χ1) is 10.0. The van der Waals surface area contributed by atoms with E-state index in [2.05, 4.69) is 5.32 Å². The zero-order valence-electron chi connectivity index (χ0n) is 11.8. The molecule has 1 saturated heterocycles. The largest absolute Gasteiger partial charge is 0.478 e. The first kappa shape index (κ1) is 15.0. The van der Waals surface area contributed by atoms with Crippen molar-refractivity contribution in [2.24, 2.45) is 0 Å². The molecule has 1 heterocycles. The van der Waals surface area contributed by atoms with Crippen molar-refractivity contribution in [2.75, 3.05) is 13.6 Å². The summed E-state index contributed by atoms with van der Waals surface area (Å²) in [4.78, 5) is 36.8. The van der Waals surface area contributed by atoms with Gasteiger partial charge in [-0.15, -0.1) is 0 Å². The Kier molecular flexibility index (Phi) is 4.57. The second-order valence-corrected chi connectivity index (χ2v) is 5.01. The number of hydrogen-bond donors (Lipinski definition) is 2. The van der Waals surface area contributed by atoms with E-state index < -0.39 is 12.0 Å². The molecule has 6 nitrogen and oxygen atoms in total. The van der Waals surface area contributed by atoms with Gasteiger partial charge in [0, 0.05) is 19.2 Å². The highest BCUT2D eigenvalue weighted by molar-refractivity contribution is 5.98. The van der Waals surface area contributed by atoms with Crippen LogP contribution in [0.4, 0.5) is 0 Å². The summed E-state index contributed by atoms with van der Waals surface area (Å²) < 4.78 is 0. The molecule has 0 bridgehead atoms. The Morgan fingerprint density at radius 1 is 1.14 bits per heavy atom. The molecule has 0 unspecified atom stereocenters. The highest BCUT2D eigenvalue weighted by Gasteiger charge is 2.31. The molecular weight excluding hydrogens is 272 g/mol. The number of piperidine rings is 1. The van der Waals surface area contributed by atoms with Gasteiger partial charge >= 0.3 is 5.97 Å². The van der Waals surface area contributed by atoms with E-state index in [-0.39, 0.29) is 17.4 Å². The van der Waals surface area contributed by atoms with Crippen LogP contribution in [0.25, 0.3) is 0 Å². The van der Waals surface area contributed by atoms with Crippen LogP contribution in [-0.2, 0) is 4.79 Å². The van der Waals surface area contributed by atoms with Gasteiger partial charge in [-0.3, -0.25) is 9.59 Å². The second-order valence-electron chi connectivity index (χ2n) is 5.01. The lowest BCUT2D eigenvalue weighted by molar-refractivity contribution is -0.126. The monoisotopic (exact) mass is 290 g/mol. The molecule has 1 aromatic carbocycles. The summed E-state index contributed by atoms with van der Waals surface area (Å²) in [6, 6.07) is 5.32. The number of likely N-dealkylation sites (tertiary alicyclic amines) is 1. The Balaban J connectivity index is 2.20. The van der Waals surface area contributed by atoms with Crippen LogP contribution in [0.15, 0.2) is 24.3 Å². The minimum atomic E-state index is -1.03. The fourth-order valence-electron chi connectivity index (χ4n) is 2.54. The molecule has 1 aliphatic heterocycles. The van der Waals surface area contributed by atoms with E-state index in [4.69, 9.17) is 5.11 Å². The van der Waals surface area contributed by atoms with Crippen LogP contribution >= 0.6 is 0 Å². The Labute approximate surface area is 122 Å². The number of rotatable bonds is 3. The third-order valence-electron chi connectivity index (χ3n) is 3.69. The molecule has 0 radical (unpaired) electrons. The van der Waals surface area contributed by atoms with Crippen molar-refractivity contribution in [3.63, 3.8) is 0 Å². The minimum absolute atomic E-state index is 0.132. The van der Waals surface area contributed by atoms with Crippen molar-refractivity contribution in [3.05, 3.63) is 35.4 Å². The van der Waals surface area contributed by atoms with Gasteiger partial charge in [-0.1, -0.05) is 0 Å². The zero-order chi connectivity index (χ0) is 15.4. The molecule has 1 aromatic rings. The first-order valence-corrected chi connectivity index (χ1v) is 6.90. The topological polar surface area (TPSA) is 86.7 Å². The summed E-state index contributed by atoms with van der Waals surface area (Å²) in [5.41, 5.74) is 0.531. The predicted molar refractivity (Wildman–Crippen MR) is 76.1 cm³/mol. The number of hydrogen-bond acceptors (Lipinski definition) is 3. The van der Waals surface area contributed by atoms with E-state index in [1.165, 1.54) is 24.3 Å². The number of carboxylic acids is 1. The average Bonchev–Trinajstić information content (AvgIpc) is 2.53. The Morgan fingerprint density at radius 3 is 2.33 bits per heavy atom. The molecule has 21 heavy (non-hydrogen) atoms. The molecule has 2 amide bonds. The third-order valence-corrected chi connectivity index (χ3v) is 3.69. The lowest BCUT2D eigenvalue weighted by atomic mass is 10.00. The molecule has 1 aliphatic rings. The maximum absolute atomic E-state index is 12.5. The summed E-state index contributed by atoms with van der Waals surface area (Å²) in [6.07, 6.45) is 2.44. The minimum Gasteiger partial charge on any atom is -0.478 e. The van der Waals surface area contributed by atoms with Crippen molar-refractivity contribution in [1.29, 1.82) is 0 Å². The summed E-state index contributed by atoms with van der Waals surface area (Å²) in [7, 11) is 1.56. The summed E-state index contributed by atoms with van der Waals surface area (Å²) in [5, 5.41) is 11.4. The van der Waals surface area contributed by atoms with Gasteiger partial charge in [0.1, 0.15) is 6.04 Å². The normalized spacial score (nSPS) is 18.1. The Bertz CT molecular complexity index is 553. The maximum atomic E-state index is 12.5. The number of carboxylic acid groups (broad SMARTS) is 1. The van der Waals surface area contributed by atoms with E-state index >= 15 is 0 Å². The summed E-state index contributed by atoms with van der Waals surface area (Å²) in [6.45, 7) is 0.539. The van der Waals surface area contributed by atoms with Gasteiger partial charge in [0.25, 0.3) is 5.91 Å². The van der Waals surface area contributed by atoms with Crippen LogP contribution in [0.5, 0.6) is 0 Å². The maximum Gasteiger partial charge on any atom is 0.335 e. The molecule has 0 aromatic heterocycles. The second kappa shape index (κ2) is 6.39. The van der Waals surface area contributed by atoms with Crippen LogP contribution in [0.1, 0.15) is 40.0 Å². The fraction of sp³-hybridized carbons (Fsp3) is 0.400. The van der Waals surface area contributed by atoms with Crippen molar-refractivity contribution >= 4 is 17.8 Å². The first-order valence-electron chi connectivity index (χ1n) is 6.90. The number of benzene rings is 1. The summed E-state index contributed by atoms with van der Waals surface area (Å²) >= 11 is 0. The van der Waals surface area contributed by atoms with Crippen molar-refractivity contribution in [2.45, 2.75) is 25.3 Å². The van der Waals surface area contributed by atoms with Crippen LogP contribution in [0.3, 0.4) is 0 Å². The standard InChI is InChI=1S/C15H18N2O4/c1-16-13(18)12-4-2-3-9-17(12)14(19)10-5-7-11(8-6-10)15(20)21/h5-8,12H,2-4,9H2,1H3,(H,16,18)(H,20,21)/t12-/m1/s1. The molecule has 6 heteroatoms. The lowest BCUT2D eigenvalue weighted by Gasteiger charge is -2.34. The zero-order valence-corrected chi connectivity index (χ0v) is 11.8. The Hall–Kier alpha value is -2.37. The highest BCUT2D eigenvalue weighted by Crippen LogP contribution is 2.20. The molecular formula is C15H18N2O4. The van der Waals surface area contributed by atoms with Gasteiger partial charge in [-0.25, -0.2) is 4.79 Å². The van der Waals surface area contributed by atoms with Crippen LogP contribution < -0.4 is 5.32 Å². The number of carbonyl (C=O) groups excluding carboxylic acids is 2. The molecule has 0 spiro atoms. The highest BCUT2D eigenvalue weighted by atomic mass is 16.4. The van der Waals surface area contributed by atoms with Crippen molar-refractivity contribution in [1.82, 2.24) is 10.2 Å². The van der Waals surface area contributed by atoms with E-state index in [0.717, 1.165) is 12.8 Å². The number of likely N-dealkylation sites (N-methyl/N-ethyl adjacent to an activating group) is 1. The third kappa shape index (κ3) is 3.21. The van der Waals surface area contributed by atoms with Crippen molar-refractivity contribution in [3.8, 4) is 0 Å². The van der Waals surface area contributed by atoms with Gasteiger partial charge in [0.2, 0.25) is 5.91 Å². The molecule has 1 fully saturated rings. The molecule has 2 N–H and O–H groups in total. The number of amides is 2. The molecule has 112 valence electrons. The van der Waals surface area contributed by atoms with Gasteiger partial charge < -0.3 is 15.3 Å². The fourth-order valence-corrected chi connectivity index (χ4v) is 2.54. The summed E-state index contributed by atoms with van der Waals surface area (Å²) in [5.74, 6) is -1.43. The van der Waals surface area contributed by atoms with Gasteiger partial charge in [0.05, 0.1) is 5.56 Å². The van der Waals surface area contributed by atoms with Crippen LogP contribution in [0, 0.1) is 0 Å². The molecule has 0 saturated carbocycles. The molecule has 2 rings (SSSR count). The molecule has 0 aliphatic carbocycles. The number of nitrogens with zero attached hydrogens (tertiary/aromatic N) is 1. The molecule has 1 atom stereocenters. The number of aromatic carboxylic acids is 1. The van der Waals surface area contributed by atoms with Gasteiger partial charge in [-0.05, 0) is 43.5 Å². The average molecular weight is 290 g/mol. The lowest BCUT2D eigenvalue weighted by Crippen LogP contribution is -2.51. The van der Waals surface area contributed by atoms with Crippen LogP contribution in [-0.4, -0.2) is 47.4 Å².